The maximum absolute atomic E-state index is 12.7. The van der Waals surface area contributed by atoms with Crippen LogP contribution in [0.4, 0.5) is 17.6 Å². The van der Waals surface area contributed by atoms with Gasteiger partial charge in [-0.15, -0.1) is 0 Å². The summed E-state index contributed by atoms with van der Waals surface area (Å²) < 4.78 is 54.1. The summed E-state index contributed by atoms with van der Waals surface area (Å²) >= 11 is 4.76. The summed E-state index contributed by atoms with van der Waals surface area (Å²) in [5.74, 6) is -4.72. The van der Waals surface area contributed by atoms with Crippen molar-refractivity contribution >= 4 is 23.2 Å². The molecule has 0 aliphatic carbocycles. The number of hydrogen-bond acceptors (Lipinski definition) is 3. The lowest BCUT2D eigenvalue weighted by molar-refractivity contribution is -0.168. The molecule has 0 saturated heterocycles. The summed E-state index contributed by atoms with van der Waals surface area (Å²) in [5.41, 5.74) is 8.49. The Morgan fingerprint density at radius 2 is 2.12 bits per heavy atom. The molecule has 0 fully saturated rings. The Balaban J connectivity index is 2.66. The average molecular weight is 367 g/mol. The van der Waals surface area contributed by atoms with Crippen molar-refractivity contribution in [3.63, 3.8) is 0 Å². The number of hydrogen-bond donors (Lipinski definition) is 2. The quantitative estimate of drug-likeness (QED) is 0.440. The molecule has 0 saturated carbocycles. The first-order valence-electron chi connectivity index (χ1n) is 6.88. The second-order valence-corrected chi connectivity index (χ2v) is 5.20. The van der Waals surface area contributed by atoms with Gasteiger partial charge in [0.05, 0.1) is 6.61 Å². The first-order valence-corrected chi connectivity index (χ1v) is 7.28. The second kappa shape index (κ2) is 8.78. The largest absolute Gasteiger partial charge is 0.375 e. The minimum Gasteiger partial charge on any atom is -0.375 e. The minimum absolute atomic E-state index is 0.0143. The van der Waals surface area contributed by atoms with Gasteiger partial charge in [-0.2, -0.15) is 8.78 Å². The predicted molar refractivity (Wildman–Crippen MR) is 83.7 cm³/mol. The summed E-state index contributed by atoms with van der Waals surface area (Å²) in [6.07, 6.45) is -3.80. The zero-order chi connectivity index (χ0) is 18.3. The molecule has 10 heteroatoms. The Morgan fingerprint density at radius 1 is 1.46 bits per heavy atom. The van der Waals surface area contributed by atoms with Gasteiger partial charge in [-0.05, 0) is 36.8 Å². The summed E-state index contributed by atoms with van der Waals surface area (Å²) in [6, 6.07) is 5.90. The number of hydrazine groups is 1. The highest BCUT2D eigenvalue weighted by Crippen LogP contribution is 2.23. The number of ether oxygens (including phenoxy) is 1. The van der Waals surface area contributed by atoms with Crippen LogP contribution < -0.4 is 11.2 Å². The first-order chi connectivity index (χ1) is 11.2. The molecular formula is C14H17F4N3O2S. The molecule has 3 N–H and O–H groups in total. The molecule has 0 aliphatic heterocycles. The fourth-order valence-electron chi connectivity index (χ4n) is 1.65. The van der Waals surface area contributed by atoms with Gasteiger partial charge in [-0.25, -0.2) is 8.78 Å². The molecule has 0 unspecified atom stereocenters. The van der Waals surface area contributed by atoms with E-state index in [2.05, 4.69) is 10.2 Å². The van der Waals surface area contributed by atoms with Crippen molar-refractivity contribution in [2.45, 2.75) is 25.9 Å². The van der Waals surface area contributed by atoms with Gasteiger partial charge in [-0.1, -0.05) is 12.1 Å². The zero-order valence-electron chi connectivity index (χ0n) is 12.8. The first kappa shape index (κ1) is 20.1. The molecule has 134 valence electrons. The van der Waals surface area contributed by atoms with E-state index in [0.29, 0.717) is 12.1 Å². The van der Waals surface area contributed by atoms with Gasteiger partial charge in [0, 0.05) is 12.1 Å². The molecular weight excluding hydrogens is 350 g/mol. The van der Waals surface area contributed by atoms with Crippen molar-refractivity contribution in [1.82, 2.24) is 10.4 Å². The summed E-state index contributed by atoms with van der Waals surface area (Å²) in [7, 11) is 0. The van der Waals surface area contributed by atoms with E-state index in [1.54, 1.807) is 6.92 Å². The smallest absolute Gasteiger partial charge is 0.330 e. The number of nitrogens with one attached hydrogen (secondary N) is 1. The van der Waals surface area contributed by atoms with Crippen molar-refractivity contribution in [3.8, 4) is 0 Å². The zero-order valence-corrected chi connectivity index (χ0v) is 13.6. The number of nitrogens with zero attached hydrogens (tertiary/aromatic N) is 1. The third kappa shape index (κ3) is 5.93. The van der Waals surface area contributed by atoms with Crippen LogP contribution in [0.2, 0.25) is 0 Å². The van der Waals surface area contributed by atoms with Crippen LogP contribution in [-0.4, -0.2) is 41.5 Å². The van der Waals surface area contributed by atoms with Crippen molar-refractivity contribution in [2.24, 2.45) is 5.73 Å². The number of benzene rings is 1. The van der Waals surface area contributed by atoms with E-state index in [1.807, 2.05) is 0 Å². The summed E-state index contributed by atoms with van der Waals surface area (Å²) in [6.45, 7) is 0.335. The highest BCUT2D eigenvalue weighted by molar-refractivity contribution is 7.80. The molecule has 0 aromatic heterocycles. The fourth-order valence-corrected chi connectivity index (χ4v) is 1.82. The molecule has 1 rings (SSSR count). The lowest BCUT2D eigenvalue weighted by atomic mass is 10.1. The standard InChI is InChI=1S/C14H17F4N3O2S/c1-2-21(13(19)24)20-11(22)10-5-3-4-9(6-10)7-23-8-14(17,18)12(15)16/h3-6,12H,2,7-8H2,1H3,(H2,19,24)(H,20,22). The van der Waals surface area contributed by atoms with E-state index in [-0.39, 0.29) is 17.3 Å². The Kier molecular flexibility index (Phi) is 7.36. The summed E-state index contributed by atoms with van der Waals surface area (Å²) in [5, 5.41) is 1.24. The van der Waals surface area contributed by atoms with Crippen LogP contribution in [0.3, 0.4) is 0 Å². The van der Waals surface area contributed by atoms with Gasteiger partial charge in [0.2, 0.25) is 0 Å². The third-order valence-electron chi connectivity index (χ3n) is 2.89. The van der Waals surface area contributed by atoms with E-state index in [4.69, 9.17) is 18.0 Å². The van der Waals surface area contributed by atoms with Crippen LogP contribution in [0.15, 0.2) is 24.3 Å². The van der Waals surface area contributed by atoms with Crippen LogP contribution in [0.1, 0.15) is 22.8 Å². The van der Waals surface area contributed by atoms with E-state index in [0.717, 1.165) is 0 Å². The normalized spacial score (nSPS) is 11.4. The van der Waals surface area contributed by atoms with Gasteiger partial charge in [0.1, 0.15) is 6.61 Å². The maximum atomic E-state index is 12.7. The van der Waals surface area contributed by atoms with Gasteiger partial charge in [0.25, 0.3) is 5.91 Å². The molecule has 0 radical (unpaired) electrons. The highest BCUT2D eigenvalue weighted by atomic mass is 32.1. The van der Waals surface area contributed by atoms with Crippen LogP contribution in [0, 0.1) is 0 Å². The number of nitrogens with two attached hydrogens (primary N) is 1. The lowest BCUT2D eigenvalue weighted by Gasteiger charge is -2.21. The molecule has 1 aromatic rings. The van der Waals surface area contributed by atoms with E-state index in [1.165, 1.54) is 29.3 Å². The molecule has 0 atom stereocenters. The number of halogens is 4. The van der Waals surface area contributed by atoms with Crippen LogP contribution in [0.5, 0.6) is 0 Å². The Bertz CT molecular complexity index is 587. The van der Waals surface area contributed by atoms with Crippen LogP contribution in [0.25, 0.3) is 0 Å². The number of carbonyl (C=O) groups excluding carboxylic acids is 1. The molecule has 0 aliphatic rings. The number of carbonyl (C=O) groups is 1. The Morgan fingerprint density at radius 3 is 2.67 bits per heavy atom. The molecule has 1 amide bonds. The fraction of sp³-hybridized carbons (Fsp3) is 0.429. The maximum Gasteiger partial charge on any atom is 0.330 e. The predicted octanol–water partition coefficient (Wildman–Crippen LogP) is 2.31. The number of rotatable bonds is 7. The van der Waals surface area contributed by atoms with Crippen molar-refractivity contribution < 1.29 is 27.1 Å². The summed E-state index contributed by atoms with van der Waals surface area (Å²) in [4.78, 5) is 12.1. The SMILES string of the molecule is CCN(NC(=O)c1cccc(COCC(F)(F)C(F)F)c1)C(N)=S. The molecule has 5 nitrogen and oxygen atoms in total. The highest BCUT2D eigenvalue weighted by Gasteiger charge is 2.40. The van der Waals surface area contributed by atoms with Crippen molar-refractivity contribution in [3.05, 3.63) is 35.4 Å². The number of thiocarbonyl (C=S) groups is 1. The molecule has 1 aromatic carbocycles. The molecule has 0 heterocycles. The lowest BCUT2D eigenvalue weighted by Crippen LogP contribution is -2.48. The van der Waals surface area contributed by atoms with Gasteiger partial charge in [0.15, 0.2) is 5.11 Å². The van der Waals surface area contributed by atoms with Gasteiger partial charge >= 0.3 is 12.3 Å². The monoisotopic (exact) mass is 367 g/mol. The minimum atomic E-state index is -4.21. The second-order valence-electron chi connectivity index (χ2n) is 4.78. The topological polar surface area (TPSA) is 67.6 Å². The molecule has 24 heavy (non-hydrogen) atoms. The van der Waals surface area contributed by atoms with Gasteiger partial charge < -0.3 is 10.5 Å². The molecule has 0 bridgehead atoms. The number of amides is 1. The van der Waals surface area contributed by atoms with Gasteiger partial charge in [-0.3, -0.25) is 15.2 Å². The van der Waals surface area contributed by atoms with E-state index in [9.17, 15) is 22.4 Å². The number of alkyl halides is 4. The van der Waals surface area contributed by atoms with E-state index < -0.39 is 24.9 Å². The van der Waals surface area contributed by atoms with Crippen LogP contribution >= 0.6 is 12.2 Å². The average Bonchev–Trinajstić information content (AvgIpc) is 2.52. The Hall–Kier alpha value is -1.94. The Labute approximate surface area is 141 Å². The van der Waals surface area contributed by atoms with Crippen LogP contribution in [-0.2, 0) is 11.3 Å². The van der Waals surface area contributed by atoms with Crippen molar-refractivity contribution in [1.29, 1.82) is 0 Å². The van der Waals surface area contributed by atoms with E-state index >= 15 is 0 Å². The van der Waals surface area contributed by atoms with Crippen molar-refractivity contribution in [2.75, 3.05) is 13.2 Å². The third-order valence-corrected chi connectivity index (χ3v) is 3.11. The molecule has 0 spiro atoms.